The van der Waals surface area contributed by atoms with Gasteiger partial charge in [0, 0.05) is 19.0 Å². The largest absolute Gasteiger partial charge is 0.446 e. The fourth-order valence-corrected chi connectivity index (χ4v) is 2.32. The molecular weight excluding hydrogens is 206 g/mol. The summed E-state index contributed by atoms with van der Waals surface area (Å²) in [6.07, 6.45) is 4.50. The summed E-state index contributed by atoms with van der Waals surface area (Å²) in [7, 11) is 1.78. The monoisotopic (exact) mass is 221 g/mol. The molecule has 16 heavy (non-hydrogen) atoms. The van der Waals surface area contributed by atoms with Crippen LogP contribution in [0.3, 0.4) is 0 Å². The van der Waals surface area contributed by atoms with Gasteiger partial charge < -0.3 is 14.6 Å². The minimum Gasteiger partial charge on any atom is -0.446 e. The van der Waals surface area contributed by atoms with Gasteiger partial charge in [0.1, 0.15) is 6.04 Å². The average Bonchev–Trinajstić information content (AvgIpc) is 3.03. The topological polar surface area (TPSA) is 58.4 Å². The Hall–Kier alpha value is -1.36. The molecule has 1 amide bonds. The molecule has 1 unspecified atom stereocenters. The first kappa shape index (κ1) is 9.84. The first-order valence-electron chi connectivity index (χ1n) is 5.71. The highest BCUT2D eigenvalue weighted by molar-refractivity contribution is 5.84. The summed E-state index contributed by atoms with van der Waals surface area (Å²) in [6, 6.07) is 0.0907. The van der Waals surface area contributed by atoms with E-state index in [4.69, 9.17) is 4.42 Å². The molecule has 3 rings (SSSR count). The molecule has 1 aromatic heterocycles. The summed E-state index contributed by atoms with van der Waals surface area (Å²) >= 11 is 0. The van der Waals surface area contributed by atoms with Crippen molar-refractivity contribution in [3.05, 3.63) is 17.8 Å². The Morgan fingerprint density at radius 3 is 3.06 bits per heavy atom. The van der Waals surface area contributed by atoms with E-state index in [9.17, 15) is 4.79 Å². The van der Waals surface area contributed by atoms with Crippen molar-refractivity contribution < 1.29 is 9.21 Å². The van der Waals surface area contributed by atoms with Gasteiger partial charge in [-0.2, -0.15) is 0 Å². The van der Waals surface area contributed by atoms with Gasteiger partial charge in [0.15, 0.2) is 12.2 Å². The molecular formula is C11H15N3O2. The molecule has 1 aliphatic heterocycles. The SMILES string of the molecule is CNC1C(=O)N(C2CC2)CCc2ncoc21. The average molecular weight is 221 g/mol. The normalized spacial score (nSPS) is 25.4. The first-order valence-corrected chi connectivity index (χ1v) is 5.71. The predicted molar refractivity (Wildman–Crippen MR) is 56.7 cm³/mol. The molecule has 1 atom stereocenters. The lowest BCUT2D eigenvalue weighted by Gasteiger charge is -2.23. The van der Waals surface area contributed by atoms with Gasteiger partial charge >= 0.3 is 0 Å². The van der Waals surface area contributed by atoms with Gasteiger partial charge in [-0.1, -0.05) is 0 Å². The van der Waals surface area contributed by atoms with Crippen molar-refractivity contribution in [2.24, 2.45) is 0 Å². The third kappa shape index (κ3) is 1.43. The second-order valence-corrected chi connectivity index (χ2v) is 4.40. The van der Waals surface area contributed by atoms with Gasteiger partial charge in [-0.15, -0.1) is 0 Å². The van der Waals surface area contributed by atoms with E-state index in [1.54, 1.807) is 7.05 Å². The third-order valence-electron chi connectivity index (χ3n) is 3.33. The van der Waals surface area contributed by atoms with Crippen LogP contribution in [-0.2, 0) is 11.2 Å². The number of amides is 1. The summed E-state index contributed by atoms with van der Waals surface area (Å²) in [4.78, 5) is 18.4. The fourth-order valence-electron chi connectivity index (χ4n) is 2.32. The molecule has 0 saturated heterocycles. The summed E-state index contributed by atoms with van der Waals surface area (Å²) in [5, 5.41) is 3.02. The molecule has 5 nitrogen and oxygen atoms in total. The van der Waals surface area contributed by atoms with Crippen molar-refractivity contribution >= 4 is 5.91 Å². The standard InChI is InChI=1S/C11H15N3O2/c1-12-9-10-8(13-6-16-10)4-5-14(11(9)15)7-2-3-7/h6-7,9,12H,2-5H2,1H3. The molecule has 0 aromatic carbocycles. The lowest BCUT2D eigenvalue weighted by Crippen LogP contribution is -2.40. The van der Waals surface area contributed by atoms with E-state index < -0.39 is 0 Å². The quantitative estimate of drug-likeness (QED) is 0.789. The Morgan fingerprint density at radius 1 is 1.56 bits per heavy atom. The van der Waals surface area contributed by atoms with Gasteiger partial charge in [0.05, 0.1) is 5.69 Å². The van der Waals surface area contributed by atoms with Crippen LogP contribution in [0.5, 0.6) is 0 Å². The Kier molecular flexibility index (Phi) is 2.21. The maximum absolute atomic E-state index is 12.3. The first-order chi connectivity index (χ1) is 7.81. The summed E-state index contributed by atoms with van der Waals surface area (Å²) in [5.74, 6) is 0.816. The van der Waals surface area contributed by atoms with Crippen LogP contribution in [0.4, 0.5) is 0 Å². The predicted octanol–water partition coefficient (Wildman–Crippen LogP) is 0.482. The lowest BCUT2D eigenvalue weighted by atomic mass is 10.1. The summed E-state index contributed by atoms with van der Waals surface area (Å²) in [6.45, 7) is 0.765. The van der Waals surface area contributed by atoms with Gasteiger partial charge in [-0.25, -0.2) is 4.98 Å². The minimum atomic E-state index is -0.361. The molecule has 1 aromatic rings. The Labute approximate surface area is 93.8 Å². The van der Waals surface area contributed by atoms with Gasteiger partial charge in [0.25, 0.3) is 0 Å². The van der Waals surface area contributed by atoms with E-state index in [0.29, 0.717) is 11.8 Å². The maximum Gasteiger partial charge on any atom is 0.247 e. The van der Waals surface area contributed by atoms with Gasteiger partial charge in [-0.05, 0) is 19.9 Å². The van der Waals surface area contributed by atoms with Crippen LogP contribution in [-0.4, -0.2) is 35.4 Å². The highest BCUT2D eigenvalue weighted by Crippen LogP contribution is 2.32. The number of fused-ring (bicyclic) bond motifs is 1. The van der Waals surface area contributed by atoms with E-state index >= 15 is 0 Å². The number of carbonyl (C=O) groups excluding carboxylic acids is 1. The van der Waals surface area contributed by atoms with Crippen molar-refractivity contribution in [1.29, 1.82) is 0 Å². The zero-order valence-electron chi connectivity index (χ0n) is 9.27. The van der Waals surface area contributed by atoms with Crippen LogP contribution in [0.25, 0.3) is 0 Å². The van der Waals surface area contributed by atoms with Crippen molar-refractivity contribution in [1.82, 2.24) is 15.2 Å². The van der Waals surface area contributed by atoms with Crippen molar-refractivity contribution in [3.8, 4) is 0 Å². The smallest absolute Gasteiger partial charge is 0.247 e. The highest BCUT2D eigenvalue weighted by Gasteiger charge is 2.39. The number of hydrogen-bond acceptors (Lipinski definition) is 4. The number of carbonyl (C=O) groups is 1. The van der Waals surface area contributed by atoms with E-state index in [0.717, 1.165) is 31.5 Å². The number of oxazole rings is 1. The summed E-state index contributed by atoms with van der Waals surface area (Å²) < 4.78 is 5.34. The number of likely N-dealkylation sites (N-methyl/N-ethyl adjacent to an activating group) is 1. The van der Waals surface area contributed by atoms with E-state index in [1.165, 1.54) is 6.39 Å². The molecule has 2 heterocycles. The maximum atomic E-state index is 12.3. The molecule has 1 N–H and O–H groups in total. The number of rotatable bonds is 2. The molecule has 0 spiro atoms. The number of hydrogen-bond donors (Lipinski definition) is 1. The van der Waals surface area contributed by atoms with Gasteiger partial charge in [-0.3, -0.25) is 4.79 Å². The molecule has 0 bridgehead atoms. The fraction of sp³-hybridized carbons (Fsp3) is 0.636. The Bertz CT molecular complexity index is 411. The van der Waals surface area contributed by atoms with Crippen LogP contribution in [0, 0.1) is 0 Å². The zero-order valence-corrected chi connectivity index (χ0v) is 9.27. The second kappa shape index (κ2) is 3.59. The lowest BCUT2D eigenvalue weighted by molar-refractivity contribution is -0.134. The van der Waals surface area contributed by atoms with Crippen LogP contribution in [0.2, 0.25) is 0 Å². The number of nitrogens with zero attached hydrogens (tertiary/aromatic N) is 2. The molecule has 0 radical (unpaired) electrons. The van der Waals surface area contributed by atoms with Crippen LogP contribution < -0.4 is 5.32 Å². The van der Waals surface area contributed by atoms with Crippen LogP contribution in [0.1, 0.15) is 30.3 Å². The van der Waals surface area contributed by atoms with E-state index in [1.807, 2.05) is 4.90 Å². The van der Waals surface area contributed by atoms with E-state index in [-0.39, 0.29) is 11.9 Å². The Morgan fingerprint density at radius 2 is 2.38 bits per heavy atom. The molecule has 1 fully saturated rings. The molecule has 1 aliphatic carbocycles. The number of nitrogens with one attached hydrogen (secondary N) is 1. The molecule has 2 aliphatic rings. The van der Waals surface area contributed by atoms with Crippen LogP contribution in [0.15, 0.2) is 10.8 Å². The van der Waals surface area contributed by atoms with Gasteiger partial charge in [0.2, 0.25) is 5.91 Å². The van der Waals surface area contributed by atoms with Crippen LogP contribution >= 0.6 is 0 Å². The third-order valence-corrected chi connectivity index (χ3v) is 3.33. The van der Waals surface area contributed by atoms with Crippen molar-refractivity contribution in [2.45, 2.75) is 31.3 Å². The second-order valence-electron chi connectivity index (χ2n) is 4.40. The Balaban J connectivity index is 1.94. The summed E-state index contributed by atoms with van der Waals surface area (Å²) in [5.41, 5.74) is 0.913. The number of aromatic nitrogens is 1. The highest BCUT2D eigenvalue weighted by atomic mass is 16.3. The van der Waals surface area contributed by atoms with Crippen molar-refractivity contribution in [3.63, 3.8) is 0 Å². The molecule has 5 heteroatoms. The molecule has 1 saturated carbocycles. The zero-order chi connectivity index (χ0) is 11.1. The molecule has 86 valence electrons. The van der Waals surface area contributed by atoms with E-state index in [2.05, 4.69) is 10.3 Å². The minimum absolute atomic E-state index is 0.125. The van der Waals surface area contributed by atoms with Crippen molar-refractivity contribution in [2.75, 3.05) is 13.6 Å².